The molecule has 4 aromatic carbocycles. The minimum Gasteiger partial charge on any atom is -0.494 e. The molecule has 0 amide bonds. The van der Waals surface area contributed by atoms with Crippen LogP contribution in [-0.2, 0) is 9.59 Å². The van der Waals surface area contributed by atoms with Crippen molar-refractivity contribution < 1.29 is 28.5 Å². The van der Waals surface area contributed by atoms with Gasteiger partial charge in [-0.3, -0.25) is 9.59 Å². The Kier molecular flexibility index (Phi) is 18.5. The van der Waals surface area contributed by atoms with Gasteiger partial charge in [-0.25, -0.2) is 0 Å². The first kappa shape index (κ1) is 42.6. The van der Waals surface area contributed by atoms with Crippen molar-refractivity contribution in [1.29, 1.82) is 10.5 Å². The number of allylic oxidation sites excluding steroid dienone is 2. The highest BCUT2D eigenvalue weighted by atomic mass is 16.5. The average Bonchev–Trinajstić information content (AvgIpc) is 3.22. The molecule has 8 heteroatoms. The van der Waals surface area contributed by atoms with E-state index >= 15 is 0 Å². The predicted octanol–water partition coefficient (Wildman–Crippen LogP) is 11.8. The molecule has 8 nitrogen and oxygen atoms in total. The van der Waals surface area contributed by atoms with E-state index < -0.39 is 11.9 Å². The lowest BCUT2D eigenvalue weighted by atomic mass is 10.0. The SMILES string of the molecule is CCCCCCOc1ccc(/C(C#N)=C/c2ccc(OC(=O)CCCCC(=O)Oc3ccc(/C=C(/C#N)c4ccc(OCCCCCC)cc4)cc3)cc2)cc1. The maximum Gasteiger partial charge on any atom is 0.311 e. The van der Waals surface area contributed by atoms with Crippen LogP contribution in [-0.4, -0.2) is 25.2 Å². The lowest BCUT2D eigenvalue weighted by Gasteiger charge is -2.08. The van der Waals surface area contributed by atoms with E-state index in [2.05, 4.69) is 26.0 Å². The monoisotopic (exact) mass is 752 g/mol. The van der Waals surface area contributed by atoms with Gasteiger partial charge in [0.15, 0.2) is 0 Å². The van der Waals surface area contributed by atoms with Gasteiger partial charge in [-0.1, -0.05) is 76.6 Å². The summed E-state index contributed by atoms with van der Waals surface area (Å²) in [4.78, 5) is 24.9. The number of hydrogen-bond donors (Lipinski definition) is 0. The fourth-order valence-electron chi connectivity index (χ4n) is 5.76. The molecule has 0 aromatic heterocycles. The van der Waals surface area contributed by atoms with E-state index in [1.807, 2.05) is 48.5 Å². The highest BCUT2D eigenvalue weighted by Crippen LogP contribution is 2.25. The van der Waals surface area contributed by atoms with Gasteiger partial charge in [0.2, 0.25) is 0 Å². The van der Waals surface area contributed by atoms with Crippen LogP contribution in [0.5, 0.6) is 23.0 Å². The molecule has 0 bridgehead atoms. The van der Waals surface area contributed by atoms with Gasteiger partial charge in [-0.15, -0.1) is 0 Å². The Morgan fingerprint density at radius 1 is 0.482 bits per heavy atom. The first-order valence-electron chi connectivity index (χ1n) is 19.7. The van der Waals surface area contributed by atoms with Crippen molar-refractivity contribution in [3.05, 3.63) is 119 Å². The maximum atomic E-state index is 12.5. The molecule has 0 atom stereocenters. The molecule has 290 valence electrons. The third kappa shape index (κ3) is 15.3. The second kappa shape index (κ2) is 24.3. The fraction of sp³-hybridized carbons (Fsp3) is 0.333. The van der Waals surface area contributed by atoms with E-state index in [-0.39, 0.29) is 12.8 Å². The Morgan fingerprint density at radius 3 is 1.18 bits per heavy atom. The number of nitrogens with zero attached hydrogens (tertiary/aromatic N) is 2. The van der Waals surface area contributed by atoms with Crippen LogP contribution in [0.1, 0.15) is 113 Å². The molecule has 0 saturated carbocycles. The lowest BCUT2D eigenvalue weighted by Crippen LogP contribution is -2.10. The van der Waals surface area contributed by atoms with E-state index in [0.29, 0.717) is 48.7 Å². The van der Waals surface area contributed by atoms with E-state index in [4.69, 9.17) is 18.9 Å². The molecule has 0 aliphatic rings. The molecule has 0 unspecified atom stereocenters. The van der Waals surface area contributed by atoms with Gasteiger partial charge in [0.05, 0.1) is 36.5 Å². The molecule has 0 aliphatic carbocycles. The van der Waals surface area contributed by atoms with Crippen molar-refractivity contribution in [1.82, 2.24) is 0 Å². The average molecular weight is 753 g/mol. The molecular formula is C48H52N2O6. The second-order valence-corrected chi connectivity index (χ2v) is 13.5. The first-order valence-corrected chi connectivity index (χ1v) is 19.7. The Morgan fingerprint density at radius 2 is 0.839 bits per heavy atom. The van der Waals surface area contributed by atoms with Crippen molar-refractivity contribution in [3.63, 3.8) is 0 Å². The smallest absolute Gasteiger partial charge is 0.311 e. The molecule has 0 aliphatic heterocycles. The van der Waals surface area contributed by atoms with E-state index in [9.17, 15) is 20.1 Å². The number of carbonyl (C=O) groups excluding carboxylic acids is 2. The van der Waals surface area contributed by atoms with Gasteiger partial charge < -0.3 is 18.9 Å². The molecule has 56 heavy (non-hydrogen) atoms. The predicted molar refractivity (Wildman–Crippen MR) is 222 cm³/mol. The number of carbonyl (C=O) groups is 2. The standard InChI is InChI=1S/C48H52N2O6/c1-3-5-7-11-31-53-43-27-19-39(20-28-43)41(35-49)33-37-15-23-45(24-16-37)55-47(51)13-9-10-14-48(52)56-46-25-17-38(18-26-46)34-42(36-50)40-21-29-44(30-22-40)54-32-12-8-6-4-2/h15-30,33-34H,3-14,31-32H2,1-2H3/b41-33-,42-34+. The highest BCUT2D eigenvalue weighted by molar-refractivity contribution is 5.90. The molecule has 0 spiro atoms. The van der Waals surface area contributed by atoms with Crippen LogP contribution in [0.4, 0.5) is 0 Å². The number of hydrogen-bond acceptors (Lipinski definition) is 8. The normalized spacial score (nSPS) is 11.3. The number of benzene rings is 4. The Labute approximate surface area is 332 Å². The second-order valence-electron chi connectivity index (χ2n) is 13.5. The van der Waals surface area contributed by atoms with Crippen LogP contribution in [0, 0.1) is 22.7 Å². The quantitative estimate of drug-likeness (QED) is 0.0241. The van der Waals surface area contributed by atoms with Gasteiger partial charge in [-0.2, -0.15) is 10.5 Å². The molecule has 4 rings (SSSR count). The zero-order chi connectivity index (χ0) is 39.8. The summed E-state index contributed by atoms with van der Waals surface area (Å²) in [5, 5.41) is 19.5. The molecule has 0 saturated heterocycles. The lowest BCUT2D eigenvalue weighted by molar-refractivity contribution is -0.136. The molecular weight excluding hydrogens is 701 g/mol. The number of nitriles is 2. The molecule has 0 heterocycles. The molecule has 0 radical (unpaired) electrons. The van der Waals surface area contributed by atoms with Crippen LogP contribution in [0.25, 0.3) is 23.3 Å². The Hall–Kier alpha value is -6.12. The summed E-state index contributed by atoms with van der Waals surface area (Å²) in [7, 11) is 0. The van der Waals surface area contributed by atoms with Gasteiger partial charge in [-0.05, 0) is 133 Å². The summed E-state index contributed by atoms with van der Waals surface area (Å²) in [6, 6.07) is 33.5. The van der Waals surface area contributed by atoms with E-state index in [1.165, 1.54) is 25.7 Å². The topological polar surface area (TPSA) is 119 Å². The third-order valence-electron chi connectivity index (χ3n) is 8.96. The Balaban J connectivity index is 1.15. The molecule has 0 N–H and O–H groups in total. The zero-order valence-electron chi connectivity index (χ0n) is 32.6. The van der Waals surface area contributed by atoms with Crippen LogP contribution in [0.3, 0.4) is 0 Å². The van der Waals surface area contributed by atoms with E-state index in [1.54, 1.807) is 60.7 Å². The largest absolute Gasteiger partial charge is 0.494 e. The number of esters is 2. The van der Waals surface area contributed by atoms with Crippen LogP contribution in [0.2, 0.25) is 0 Å². The van der Waals surface area contributed by atoms with Crippen molar-refractivity contribution in [2.75, 3.05) is 13.2 Å². The summed E-state index contributed by atoms with van der Waals surface area (Å²) in [6.45, 7) is 5.73. The molecule has 4 aromatic rings. The minimum absolute atomic E-state index is 0.156. The van der Waals surface area contributed by atoms with Crippen molar-refractivity contribution in [2.45, 2.75) is 90.9 Å². The van der Waals surface area contributed by atoms with Gasteiger partial charge >= 0.3 is 11.9 Å². The number of ether oxygens (including phenoxy) is 4. The summed E-state index contributed by atoms with van der Waals surface area (Å²) in [5.74, 6) is 1.59. The third-order valence-corrected chi connectivity index (χ3v) is 8.96. The number of unbranched alkanes of at least 4 members (excludes halogenated alkanes) is 7. The summed E-state index contributed by atoms with van der Waals surface area (Å²) in [5.41, 5.74) is 4.21. The van der Waals surface area contributed by atoms with Crippen molar-refractivity contribution >= 4 is 35.2 Å². The molecule has 0 fully saturated rings. The fourth-order valence-corrected chi connectivity index (χ4v) is 5.76. The maximum absolute atomic E-state index is 12.5. The van der Waals surface area contributed by atoms with Crippen molar-refractivity contribution in [3.8, 4) is 35.1 Å². The van der Waals surface area contributed by atoms with Crippen LogP contribution >= 0.6 is 0 Å². The zero-order valence-corrected chi connectivity index (χ0v) is 32.6. The summed E-state index contributed by atoms with van der Waals surface area (Å²) in [6.07, 6.45) is 14.0. The summed E-state index contributed by atoms with van der Waals surface area (Å²) >= 11 is 0. The highest BCUT2D eigenvalue weighted by Gasteiger charge is 2.10. The van der Waals surface area contributed by atoms with Gasteiger partial charge in [0, 0.05) is 12.8 Å². The van der Waals surface area contributed by atoms with Gasteiger partial charge in [0.25, 0.3) is 0 Å². The van der Waals surface area contributed by atoms with Crippen LogP contribution < -0.4 is 18.9 Å². The van der Waals surface area contributed by atoms with E-state index in [0.717, 1.165) is 59.4 Å². The van der Waals surface area contributed by atoms with Crippen LogP contribution in [0.15, 0.2) is 97.1 Å². The minimum atomic E-state index is -0.394. The summed E-state index contributed by atoms with van der Waals surface area (Å²) < 4.78 is 22.6. The first-order chi connectivity index (χ1) is 27.4. The number of rotatable bonds is 23. The van der Waals surface area contributed by atoms with Gasteiger partial charge in [0.1, 0.15) is 23.0 Å². The van der Waals surface area contributed by atoms with Crippen molar-refractivity contribution in [2.24, 2.45) is 0 Å². The Bertz CT molecular complexity index is 1800.